The summed E-state index contributed by atoms with van der Waals surface area (Å²) < 4.78 is 0. The molecule has 0 saturated heterocycles. The smallest absolute Gasteiger partial charge is 0.102 e. The van der Waals surface area contributed by atoms with Crippen molar-refractivity contribution in [2.45, 2.75) is 13.3 Å². The third-order valence-electron chi connectivity index (χ3n) is 2.90. The molecule has 4 nitrogen and oxygen atoms in total. The molecule has 4 heteroatoms. The van der Waals surface area contributed by atoms with Gasteiger partial charge in [-0.15, -0.1) is 0 Å². The van der Waals surface area contributed by atoms with Crippen molar-refractivity contribution in [3.05, 3.63) is 66.0 Å². The number of aromatic nitrogens is 1. The van der Waals surface area contributed by atoms with Gasteiger partial charge in [-0.1, -0.05) is 41.6 Å². The minimum Gasteiger partial charge on any atom is -0.411 e. The van der Waals surface area contributed by atoms with E-state index in [1.807, 2.05) is 48.5 Å². The molecule has 0 fully saturated rings. The second-order valence-corrected chi connectivity index (χ2v) is 4.35. The van der Waals surface area contributed by atoms with Crippen molar-refractivity contribution in [2.24, 2.45) is 10.1 Å². The molecule has 0 atom stereocenters. The van der Waals surface area contributed by atoms with Gasteiger partial charge in [-0.3, -0.25) is 9.98 Å². The van der Waals surface area contributed by atoms with Crippen molar-refractivity contribution in [3.8, 4) is 0 Å². The van der Waals surface area contributed by atoms with Crippen LogP contribution in [0.5, 0.6) is 0 Å². The van der Waals surface area contributed by atoms with Crippen molar-refractivity contribution in [1.82, 2.24) is 4.98 Å². The highest BCUT2D eigenvalue weighted by atomic mass is 16.4. The fraction of sp³-hybridized carbons (Fsp3) is 0.188. The van der Waals surface area contributed by atoms with Gasteiger partial charge in [-0.05, 0) is 19.1 Å². The van der Waals surface area contributed by atoms with Crippen molar-refractivity contribution < 1.29 is 5.21 Å². The fourth-order valence-electron chi connectivity index (χ4n) is 1.89. The molecule has 0 radical (unpaired) electrons. The van der Waals surface area contributed by atoms with E-state index in [4.69, 9.17) is 5.21 Å². The monoisotopic (exact) mass is 267 g/mol. The lowest BCUT2D eigenvalue weighted by Crippen LogP contribution is -2.13. The molecule has 0 amide bonds. The zero-order chi connectivity index (χ0) is 14.2. The maximum absolute atomic E-state index is 8.98. The highest BCUT2D eigenvalue weighted by Crippen LogP contribution is 2.04. The first-order chi connectivity index (χ1) is 9.81. The predicted molar refractivity (Wildman–Crippen MR) is 80.7 cm³/mol. The zero-order valence-corrected chi connectivity index (χ0v) is 11.4. The molecule has 0 aliphatic heterocycles. The Morgan fingerprint density at radius 3 is 2.50 bits per heavy atom. The Morgan fingerprint density at radius 1 is 1.10 bits per heavy atom. The Bertz CT molecular complexity index is 592. The third-order valence-corrected chi connectivity index (χ3v) is 2.90. The van der Waals surface area contributed by atoms with E-state index in [9.17, 15) is 0 Å². The van der Waals surface area contributed by atoms with Crippen LogP contribution in [0, 0.1) is 0 Å². The van der Waals surface area contributed by atoms with E-state index >= 15 is 0 Å². The van der Waals surface area contributed by atoms with Crippen LogP contribution in [0.3, 0.4) is 0 Å². The summed E-state index contributed by atoms with van der Waals surface area (Å²) in [7, 11) is 0. The van der Waals surface area contributed by atoms with Gasteiger partial charge in [0.15, 0.2) is 0 Å². The highest BCUT2D eigenvalue weighted by molar-refractivity contribution is 6.47. The maximum atomic E-state index is 8.98. The first kappa shape index (κ1) is 13.9. The molecule has 0 unspecified atom stereocenters. The van der Waals surface area contributed by atoms with Gasteiger partial charge in [-0.2, -0.15) is 0 Å². The van der Waals surface area contributed by atoms with E-state index in [1.54, 1.807) is 13.1 Å². The Kier molecular flexibility index (Phi) is 5.00. The molecule has 0 saturated carbocycles. The van der Waals surface area contributed by atoms with E-state index in [1.165, 1.54) is 0 Å². The summed E-state index contributed by atoms with van der Waals surface area (Å²) in [5.41, 5.74) is 3.17. The van der Waals surface area contributed by atoms with Crippen LogP contribution in [0.15, 0.2) is 64.9 Å². The number of nitrogens with zero attached hydrogens (tertiary/aromatic N) is 3. The molecule has 0 aliphatic rings. The second-order valence-electron chi connectivity index (χ2n) is 4.35. The maximum Gasteiger partial charge on any atom is 0.102 e. The molecular weight excluding hydrogens is 250 g/mol. The van der Waals surface area contributed by atoms with Gasteiger partial charge < -0.3 is 5.21 Å². The molecular formula is C16H17N3O. The standard InChI is InChI=1S/C16H17N3O/c1-13(19-20)16(14-7-3-2-4-8-14)18-12-10-15-9-5-6-11-17-15/h2-9,11,20H,10,12H2,1H3/b18-16?,19-13+. The Hall–Kier alpha value is -2.49. The summed E-state index contributed by atoms with van der Waals surface area (Å²) in [6, 6.07) is 15.6. The van der Waals surface area contributed by atoms with E-state index in [-0.39, 0.29) is 0 Å². The zero-order valence-electron chi connectivity index (χ0n) is 11.4. The summed E-state index contributed by atoms with van der Waals surface area (Å²) >= 11 is 0. The summed E-state index contributed by atoms with van der Waals surface area (Å²) in [5.74, 6) is 0. The molecule has 0 aliphatic carbocycles. The molecule has 1 N–H and O–H groups in total. The van der Waals surface area contributed by atoms with Gasteiger partial charge in [0.25, 0.3) is 0 Å². The normalized spacial score (nSPS) is 12.4. The largest absolute Gasteiger partial charge is 0.411 e. The van der Waals surface area contributed by atoms with Gasteiger partial charge in [0.05, 0.1) is 5.71 Å². The number of aliphatic imine (C=N–C) groups is 1. The quantitative estimate of drug-likeness (QED) is 0.514. The Morgan fingerprint density at radius 2 is 1.85 bits per heavy atom. The topological polar surface area (TPSA) is 57.8 Å². The van der Waals surface area contributed by atoms with Crippen LogP contribution in [-0.4, -0.2) is 28.2 Å². The average Bonchev–Trinajstić information content (AvgIpc) is 2.53. The number of benzene rings is 1. The Balaban J connectivity index is 2.14. The lowest BCUT2D eigenvalue weighted by Gasteiger charge is -2.05. The molecule has 20 heavy (non-hydrogen) atoms. The fourth-order valence-corrected chi connectivity index (χ4v) is 1.89. The third kappa shape index (κ3) is 3.75. The van der Waals surface area contributed by atoms with Crippen LogP contribution >= 0.6 is 0 Å². The van der Waals surface area contributed by atoms with Gasteiger partial charge in [0.1, 0.15) is 5.71 Å². The van der Waals surface area contributed by atoms with Crippen LogP contribution in [0.25, 0.3) is 0 Å². The number of hydrogen-bond acceptors (Lipinski definition) is 4. The summed E-state index contributed by atoms with van der Waals surface area (Å²) in [6.45, 7) is 2.35. The van der Waals surface area contributed by atoms with Crippen LogP contribution in [0.4, 0.5) is 0 Å². The number of rotatable bonds is 5. The van der Waals surface area contributed by atoms with E-state index < -0.39 is 0 Å². The lowest BCUT2D eigenvalue weighted by molar-refractivity contribution is 0.320. The second kappa shape index (κ2) is 7.19. The molecule has 2 rings (SSSR count). The predicted octanol–water partition coefficient (Wildman–Crippen LogP) is 2.96. The molecule has 2 aromatic rings. The first-order valence-electron chi connectivity index (χ1n) is 6.50. The van der Waals surface area contributed by atoms with Gasteiger partial charge in [0, 0.05) is 30.4 Å². The van der Waals surface area contributed by atoms with Crippen LogP contribution in [0.1, 0.15) is 18.2 Å². The number of oxime groups is 1. The SMILES string of the molecule is C/C(=N\O)C(=NCCc1ccccn1)c1ccccc1. The lowest BCUT2D eigenvalue weighted by atomic mass is 10.1. The molecule has 1 aromatic heterocycles. The van der Waals surface area contributed by atoms with E-state index in [0.29, 0.717) is 18.0 Å². The number of pyridine rings is 1. The molecule has 102 valence electrons. The van der Waals surface area contributed by atoms with Crippen LogP contribution in [-0.2, 0) is 6.42 Å². The molecule has 0 spiro atoms. The Labute approximate surface area is 118 Å². The summed E-state index contributed by atoms with van der Waals surface area (Å²) in [4.78, 5) is 8.81. The molecule has 0 bridgehead atoms. The van der Waals surface area contributed by atoms with Gasteiger partial charge >= 0.3 is 0 Å². The summed E-state index contributed by atoms with van der Waals surface area (Å²) in [5, 5.41) is 12.2. The van der Waals surface area contributed by atoms with Crippen molar-refractivity contribution in [1.29, 1.82) is 0 Å². The minimum absolute atomic E-state index is 0.511. The van der Waals surface area contributed by atoms with Crippen molar-refractivity contribution >= 4 is 11.4 Å². The van der Waals surface area contributed by atoms with Crippen LogP contribution < -0.4 is 0 Å². The van der Waals surface area contributed by atoms with E-state index in [0.717, 1.165) is 17.7 Å². The van der Waals surface area contributed by atoms with Crippen molar-refractivity contribution in [2.75, 3.05) is 6.54 Å². The van der Waals surface area contributed by atoms with E-state index in [2.05, 4.69) is 15.1 Å². The van der Waals surface area contributed by atoms with Crippen molar-refractivity contribution in [3.63, 3.8) is 0 Å². The number of hydrogen-bond donors (Lipinski definition) is 1. The summed E-state index contributed by atoms with van der Waals surface area (Å²) in [6.07, 6.45) is 2.54. The first-order valence-corrected chi connectivity index (χ1v) is 6.50. The average molecular weight is 267 g/mol. The van der Waals surface area contributed by atoms with Gasteiger partial charge in [-0.25, -0.2) is 0 Å². The highest BCUT2D eigenvalue weighted by Gasteiger charge is 2.07. The van der Waals surface area contributed by atoms with Crippen LogP contribution in [0.2, 0.25) is 0 Å². The minimum atomic E-state index is 0.511. The molecule has 1 heterocycles. The molecule has 1 aromatic carbocycles. The van der Waals surface area contributed by atoms with Gasteiger partial charge in [0.2, 0.25) is 0 Å².